The minimum absolute atomic E-state index is 0.252. The number of nitriles is 1. The molecule has 4 rings (SSSR count). The van der Waals surface area contributed by atoms with Gasteiger partial charge in [0.15, 0.2) is 0 Å². The molecule has 0 unspecified atom stereocenters. The molecule has 0 bridgehead atoms. The highest BCUT2D eigenvalue weighted by Crippen LogP contribution is 2.23. The molecule has 35 heavy (non-hydrogen) atoms. The number of aromatic nitrogens is 2. The van der Waals surface area contributed by atoms with E-state index in [2.05, 4.69) is 46.8 Å². The van der Waals surface area contributed by atoms with Crippen LogP contribution in [0.4, 0.5) is 5.95 Å². The van der Waals surface area contributed by atoms with E-state index in [1.54, 1.807) is 31.4 Å². The molecule has 1 aromatic heterocycles. The summed E-state index contributed by atoms with van der Waals surface area (Å²) in [6.07, 6.45) is 3.30. The molecule has 1 saturated heterocycles. The van der Waals surface area contributed by atoms with E-state index >= 15 is 0 Å². The van der Waals surface area contributed by atoms with Crippen molar-refractivity contribution >= 4 is 22.9 Å². The molecule has 0 radical (unpaired) electrons. The smallest absolute Gasteiger partial charge is 0.257 e. The summed E-state index contributed by atoms with van der Waals surface area (Å²) >= 11 is 0. The summed E-state index contributed by atoms with van der Waals surface area (Å²) in [5.74, 6) is 0.999. The number of benzene rings is 2. The maximum atomic E-state index is 12.9. The Balaban J connectivity index is 1.47. The molecule has 1 aliphatic heterocycles. The zero-order valence-corrected chi connectivity index (χ0v) is 20.6. The largest absolute Gasteiger partial charge is 0.385 e. The number of nitrogens with one attached hydrogen (secondary N) is 2. The first-order valence-electron chi connectivity index (χ1n) is 12.3. The first-order valence-corrected chi connectivity index (χ1v) is 12.3. The van der Waals surface area contributed by atoms with E-state index in [1.165, 1.54) is 31.5 Å². The number of amides is 1. The Kier molecular flexibility index (Phi) is 8.48. The van der Waals surface area contributed by atoms with Crippen molar-refractivity contribution < 1.29 is 9.53 Å². The molecular weight excluding hydrogens is 440 g/mol. The minimum Gasteiger partial charge on any atom is -0.385 e. The number of carbonyl (C=O) groups excluding carboxylic acids is 1. The number of piperidine rings is 1. The predicted octanol–water partition coefficient (Wildman–Crippen LogP) is 3.63. The Morgan fingerprint density at radius 1 is 1.20 bits per heavy atom. The van der Waals surface area contributed by atoms with Crippen molar-refractivity contribution in [3.8, 4) is 6.07 Å². The molecule has 0 atom stereocenters. The zero-order chi connectivity index (χ0) is 24.6. The van der Waals surface area contributed by atoms with Gasteiger partial charge >= 0.3 is 0 Å². The number of methoxy groups -OCH3 is 1. The van der Waals surface area contributed by atoms with E-state index in [9.17, 15) is 4.79 Å². The van der Waals surface area contributed by atoms with Gasteiger partial charge in [0, 0.05) is 32.4 Å². The summed E-state index contributed by atoms with van der Waals surface area (Å²) in [5.41, 5.74) is 4.02. The molecule has 8 nitrogen and oxygen atoms in total. The number of aryl methyl sites for hydroxylation is 1. The summed E-state index contributed by atoms with van der Waals surface area (Å²) < 4.78 is 7.26. The van der Waals surface area contributed by atoms with Crippen molar-refractivity contribution in [2.45, 2.75) is 32.4 Å². The Hall–Kier alpha value is -3.25. The summed E-state index contributed by atoms with van der Waals surface area (Å²) in [5, 5.41) is 15.6. The summed E-state index contributed by atoms with van der Waals surface area (Å²) in [6, 6.07) is 15.0. The minimum atomic E-state index is -0.252. The van der Waals surface area contributed by atoms with Crippen LogP contribution >= 0.6 is 0 Å². The molecule has 184 valence electrons. The van der Waals surface area contributed by atoms with Gasteiger partial charge in [0.05, 0.1) is 22.7 Å². The van der Waals surface area contributed by atoms with Crippen molar-refractivity contribution in [1.29, 1.82) is 5.26 Å². The first kappa shape index (κ1) is 24.9. The molecule has 0 spiro atoms. The van der Waals surface area contributed by atoms with Crippen molar-refractivity contribution in [1.82, 2.24) is 19.8 Å². The number of hydrogen-bond donors (Lipinski definition) is 2. The van der Waals surface area contributed by atoms with E-state index in [1.807, 2.05) is 4.57 Å². The molecule has 2 heterocycles. The van der Waals surface area contributed by atoms with Crippen LogP contribution in [0.1, 0.15) is 40.7 Å². The van der Waals surface area contributed by atoms with Gasteiger partial charge in [-0.3, -0.25) is 10.1 Å². The first-order chi connectivity index (χ1) is 17.1. The zero-order valence-electron chi connectivity index (χ0n) is 20.6. The van der Waals surface area contributed by atoms with Crippen LogP contribution in [0.3, 0.4) is 0 Å². The van der Waals surface area contributed by atoms with Gasteiger partial charge in [-0.05, 0) is 93.8 Å². The normalized spacial score (nSPS) is 14.8. The number of carbonyl (C=O) groups is 1. The van der Waals surface area contributed by atoms with Gasteiger partial charge in [0.2, 0.25) is 5.95 Å². The van der Waals surface area contributed by atoms with Crippen LogP contribution in [0.15, 0.2) is 42.5 Å². The lowest BCUT2D eigenvalue weighted by atomic mass is 9.97. The predicted molar refractivity (Wildman–Crippen MR) is 137 cm³/mol. The highest BCUT2D eigenvalue weighted by Gasteiger charge is 2.17. The fourth-order valence-corrected chi connectivity index (χ4v) is 4.53. The average Bonchev–Trinajstić information content (AvgIpc) is 3.21. The van der Waals surface area contributed by atoms with Crippen molar-refractivity contribution in [3.05, 3.63) is 59.2 Å². The molecule has 8 heteroatoms. The molecular formula is C27H34N6O2. The Labute approximate surface area is 206 Å². The summed E-state index contributed by atoms with van der Waals surface area (Å²) in [7, 11) is 3.87. The van der Waals surface area contributed by atoms with E-state index < -0.39 is 0 Å². The maximum Gasteiger partial charge on any atom is 0.257 e. The molecule has 0 aliphatic carbocycles. The average molecular weight is 475 g/mol. The second kappa shape index (κ2) is 11.9. The van der Waals surface area contributed by atoms with Gasteiger partial charge in [-0.15, -0.1) is 0 Å². The SMILES string of the molecule is COCCCn1c(NC(=O)c2ccc(C#N)cc2)nc2cc(CNCC3CCN(C)CC3)ccc21. The standard InChI is InChI=1S/C27H34N6O2/c1-32-13-10-21(11-14-32)18-29-19-22-6-9-25-24(16-22)30-27(33(25)12-3-15-35-2)31-26(34)23-7-4-20(17-28)5-8-23/h4-9,16,21,29H,3,10-15,18-19H2,1-2H3,(H,30,31,34). The third kappa shape index (κ3) is 6.45. The number of likely N-dealkylation sites (tertiary alicyclic amines) is 1. The molecule has 2 N–H and O–H groups in total. The fourth-order valence-electron chi connectivity index (χ4n) is 4.53. The number of rotatable bonds is 10. The van der Waals surface area contributed by atoms with Crippen LogP contribution in [0.5, 0.6) is 0 Å². The van der Waals surface area contributed by atoms with Gasteiger partial charge in [0.25, 0.3) is 5.91 Å². The van der Waals surface area contributed by atoms with Crippen molar-refractivity contribution in [3.63, 3.8) is 0 Å². The Morgan fingerprint density at radius 3 is 2.69 bits per heavy atom. The van der Waals surface area contributed by atoms with Crippen LogP contribution in [-0.4, -0.2) is 60.8 Å². The Morgan fingerprint density at radius 2 is 1.97 bits per heavy atom. The van der Waals surface area contributed by atoms with Gasteiger partial charge < -0.3 is 19.5 Å². The van der Waals surface area contributed by atoms with Crippen molar-refractivity contribution in [2.75, 3.05) is 45.7 Å². The number of nitrogens with zero attached hydrogens (tertiary/aromatic N) is 4. The molecule has 1 fully saturated rings. The highest BCUT2D eigenvalue weighted by molar-refractivity contribution is 6.04. The number of imidazole rings is 1. The topological polar surface area (TPSA) is 95.2 Å². The van der Waals surface area contributed by atoms with E-state index in [0.717, 1.165) is 36.5 Å². The Bertz CT molecular complexity index is 1170. The fraction of sp³-hybridized carbons (Fsp3) is 0.444. The van der Waals surface area contributed by atoms with Gasteiger partial charge in [-0.25, -0.2) is 4.98 Å². The quantitative estimate of drug-likeness (QED) is 0.436. The van der Waals surface area contributed by atoms with Crippen molar-refractivity contribution in [2.24, 2.45) is 5.92 Å². The molecule has 1 aliphatic rings. The van der Waals surface area contributed by atoms with Gasteiger partial charge in [-0.1, -0.05) is 6.07 Å². The molecule has 2 aromatic carbocycles. The highest BCUT2D eigenvalue weighted by atomic mass is 16.5. The van der Waals surface area contributed by atoms with Crippen LogP contribution in [0, 0.1) is 17.2 Å². The maximum absolute atomic E-state index is 12.9. The van der Waals surface area contributed by atoms with Crippen LogP contribution < -0.4 is 10.6 Å². The summed E-state index contributed by atoms with van der Waals surface area (Å²) in [4.78, 5) is 20.0. The third-order valence-corrected chi connectivity index (χ3v) is 6.64. The van der Waals surface area contributed by atoms with E-state index in [4.69, 9.17) is 15.0 Å². The van der Waals surface area contributed by atoms with E-state index in [-0.39, 0.29) is 5.91 Å². The number of fused-ring (bicyclic) bond motifs is 1. The monoisotopic (exact) mass is 474 g/mol. The van der Waals surface area contributed by atoms with Crippen LogP contribution in [-0.2, 0) is 17.8 Å². The number of anilines is 1. The number of ether oxygens (including phenoxy) is 1. The molecule has 3 aromatic rings. The van der Waals surface area contributed by atoms with Gasteiger partial charge in [0.1, 0.15) is 0 Å². The second-order valence-electron chi connectivity index (χ2n) is 9.28. The molecule has 1 amide bonds. The van der Waals surface area contributed by atoms with E-state index in [0.29, 0.717) is 30.2 Å². The second-order valence-corrected chi connectivity index (χ2v) is 9.28. The molecule has 0 saturated carbocycles. The lowest BCUT2D eigenvalue weighted by molar-refractivity contribution is 0.102. The third-order valence-electron chi connectivity index (χ3n) is 6.64. The lowest BCUT2D eigenvalue weighted by Crippen LogP contribution is -2.34. The number of hydrogen-bond acceptors (Lipinski definition) is 6. The van der Waals surface area contributed by atoms with Crippen LogP contribution in [0.25, 0.3) is 11.0 Å². The summed E-state index contributed by atoms with van der Waals surface area (Å²) in [6.45, 7) is 5.49. The van der Waals surface area contributed by atoms with Crippen LogP contribution in [0.2, 0.25) is 0 Å². The van der Waals surface area contributed by atoms with Gasteiger partial charge in [-0.2, -0.15) is 5.26 Å². The lowest BCUT2D eigenvalue weighted by Gasteiger charge is -2.29.